The summed E-state index contributed by atoms with van der Waals surface area (Å²) in [6, 6.07) is 14.9. The number of amidine groups is 1. The molecular weight excluding hydrogens is 519 g/mol. The van der Waals surface area contributed by atoms with E-state index < -0.39 is 17.8 Å². The number of carbonyl (C=O) groups is 2. The average Bonchev–Trinajstić information content (AvgIpc) is 3.34. The zero-order chi connectivity index (χ0) is 27.2. The number of ether oxygens (including phenoxy) is 2. The molecule has 1 saturated heterocycles. The molecule has 0 spiro atoms. The van der Waals surface area contributed by atoms with Gasteiger partial charge in [-0.25, -0.2) is 14.2 Å². The maximum absolute atomic E-state index is 15.2. The molecule has 1 fully saturated rings. The Balaban J connectivity index is 1.34. The van der Waals surface area contributed by atoms with Gasteiger partial charge in [0.25, 0.3) is 0 Å². The van der Waals surface area contributed by atoms with Gasteiger partial charge in [0.2, 0.25) is 5.91 Å². The zero-order valence-corrected chi connectivity index (χ0v) is 22.6. The molecule has 204 valence electrons. The van der Waals surface area contributed by atoms with E-state index in [1.54, 1.807) is 30.0 Å². The van der Waals surface area contributed by atoms with Gasteiger partial charge in [-0.2, -0.15) is 0 Å². The van der Waals surface area contributed by atoms with E-state index in [1.165, 1.54) is 17.8 Å². The molecule has 0 aliphatic carbocycles. The minimum atomic E-state index is -0.815. The van der Waals surface area contributed by atoms with Crippen LogP contribution in [0.1, 0.15) is 30.5 Å². The van der Waals surface area contributed by atoms with E-state index in [9.17, 15) is 9.59 Å². The number of hydrogen-bond acceptors (Lipinski definition) is 8. The Morgan fingerprint density at radius 1 is 1.13 bits per heavy atom. The number of amides is 1. The molecule has 1 amide bonds. The quantitative estimate of drug-likeness (QED) is 0.473. The fourth-order valence-electron chi connectivity index (χ4n) is 4.83. The minimum Gasteiger partial charge on any atom is -0.457 e. The van der Waals surface area contributed by atoms with Crippen LogP contribution >= 0.6 is 11.8 Å². The molecule has 0 radical (unpaired) electrons. The van der Waals surface area contributed by atoms with Gasteiger partial charge in [0, 0.05) is 37.4 Å². The highest BCUT2D eigenvalue weighted by molar-refractivity contribution is 8.16. The summed E-state index contributed by atoms with van der Waals surface area (Å²) in [5.41, 5.74) is 2.52. The van der Waals surface area contributed by atoms with Crippen molar-refractivity contribution in [2.75, 3.05) is 39.4 Å². The van der Waals surface area contributed by atoms with Gasteiger partial charge in [0.1, 0.15) is 12.4 Å². The molecule has 1 atom stereocenters. The molecule has 0 unspecified atom stereocenters. The summed E-state index contributed by atoms with van der Waals surface area (Å²) in [4.78, 5) is 35.1. The van der Waals surface area contributed by atoms with Gasteiger partial charge in [-0.3, -0.25) is 9.69 Å². The number of carbonyl (C=O) groups excluding carboxylic acids is 2. The number of thioether (sulfide) groups is 1. The normalized spacial score (nSPS) is 19.3. The molecule has 2 aromatic rings. The highest BCUT2D eigenvalue weighted by Crippen LogP contribution is 2.45. The summed E-state index contributed by atoms with van der Waals surface area (Å²) in [7, 11) is 0. The molecule has 1 N–H and O–H groups in total. The molecule has 0 saturated carbocycles. The number of morpholine rings is 1. The van der Waals surface area contributed by atoms with Crippen LogP contribution in [0, 0.1) is 5.82 Å². The van der Waals surface area contributed by atoms with E-state index in [4.69, 9.17) is 9.47 Å². The number of rotatable bonds is 9. The summed E-state index contributed by atoms with van der Waals surface area (Å²) >= 11 is 1.36. The Morgan fingerprint density at radius 3 is 2.64 bits per heavy atom. The lowest BCUT2D eigenvalue weighted by atomic mass is 9.93. The fourth-order valence-corrected chi connectivity index (χ4v) is 5.79. The minimum absolute atomic E-state index is 0.0749. The molecule has 3 aliphatic heterocycles. The van der Waals surface area contributed by atoms with Crippen LogP contribution in [-0.2, 0) is 25.7 Å². The molecule has 3 heterocycles. The summed E-state index contributed by atoms with van der Waals surface area (Å²) in [5.74, 6) is -1.17. The Bertz CT molecular complexity index is 1310. The first-order valence-corrected chi connectivity index (χ1v) is 13.9. The predicted molar refractivity (Wildman–Crippen MR) is 148 cm³/mol. The van der Waals surface area contributed by atoms with E-state index in [0.29, 0.717) is 41.9 Å². The SMILES string of the molecule is CC1=C(C(=O)OCc2ccccc2)[C@H](c2ccccc2F)N2C(CC(=O)NCCN3CCOCC3)=CSC2=N1. The highest BCUT2D eigenvalue weighted by Gasteiger charge is 2.42. The molecule has 3 aliphatic rings. The maximum atomic E-state index is 15.2. The summed E-state index contributed by atoms with van der Waals surface area (Å²) in [6.45, 7) is 6.19. The number of aliphatic imine (C=N–C) groups is 1. The van der Waals surface area contributed by atoms with E-state index in [-0.39, 0.29) is 24.5 Å². The smallest absolute Gasteiger partial charge is 0.338 e. The molecule has 5 rings (SSSR count). The first-order chi connectivity index (χ1) is 19.0. The lowest BCUT2D eigenvalue weighted by Gasteiger charge is -2.36. The van der Waals surface area contributed by atoms with Gasteiger partial charge < -0.3 is 19.7 Å². The predicted octanol–water partition coefficient (Wildman–Crippen LogP) is 3.98. The Hall–Kier alpha value is -3.47. The van der Waals surface area contributed by atoms with E-state index >= 15 is 4.39 Å². The Labute approximate surface area is 231 Å². The zero-order valence-electron chi connectivity index (χ0n) is 21.8. The monoisotopic (exact) mass is 550 g/mol. The summed E-state index contributed by atoms with van der Waals surface area (Å²) in [6.07, 6.45) is 0.0749. The third kappa shape index (κ3) is 6.41. The van der Waals surface area contributed by atoms with Crippen molar-refractivity contribution in [2.24, 2.45) is 4.99 Å². The van der Waals surface area contributed by atoms with E-state index in [1.807, 2.05) is 35.7 Å². The van der Waals surface area contributed by atoms with Crippen LogP contribution in [0.25, 0.3) is 0 Å². The van der Waals surface area contributed by atoms with Crippen LogP contribution in [0.2, 0.25) is 0 Å². The number of hydrogen-bond donors (Lipinski definition) is 1. The van der Waals surface area contributed by atoms with E-state index in [0.717, 1.165) is 25.2 Å². The Kier molecular flexibility index (Phi) is 8.75. The van der Waals surface area contributed by atoms with Crippen molar-refractivity contribution >= 4 is 28.8 Å². The van der Waals surface area contributed by atoms with Gasteiger partial charge >= 0.3 is 5.97 Å². The summed E-state index contributed by atoms with van der Waals surface area (Å²) < 4.78 is 26.3. The van der Waals surface area contributed by atoms with Gasteiger partial charge in [0.15, 0.2) is 5.17 Å². The van der Waals surface area contributed by atoms with Gasteiger partial charge in [0.05, 0.1) is 36.9 Å². The first kappa shape index (κ1) is 27.1. The van der Waals surface area contributed by atoms with Crippen LogP contribution in [-0.4, -0.2) is 66.2 Å². The molecule has 0 aromatic heterocycles. The van der Waals surface area contributed by atoms with Crippen molar-refractivity contribution in [3.8, 4) is 0 Å². The average molecular weight is 551 g/mol. The van der Waals surface area contributed by atoms with Crippen LogP contribution in [0.4, 0.5) is 4.39 Å². The molecule has 0 bridgehead atoms. The molecule has 2 aromatic carbocycles. The number of allylic oxidation sites excluding steroid dienone is 1. The number of nitrogens with zero attached hydrogens (tertiary/aromatic N) is 3. The van der Waals surface area contributed by atoms with Crippen LogP contribution in [0.5, 0.6) is 0 Å². The maximum Gasteiger partial charge on any atom is 0.338 e. The second kappa shape index (κ2) is 12.6. The highest BCUT2D eigenvalue weighted by atomic mass is 32.2. The second-order valence-electron chi connectivity index (χ2n) is 9.46. The summed E-state index contributed by atoms with van der Waals surface area (Å²) in [5, 5.41) is 5.42. The van der Waals surface area contributed by atoms with Crippen LogP contribution < -0.4 is 5.32 Å². The van der Waals surface area contributed by atoms with Crippen LogP contribution in [0.3, 0.4) is 0 Å². The number of fused-ring (bicyclic) bond motifs is 1. The third-order valence-corrected chi connectivity index (χ3v) is 7.72. The second-order valence-corrected chi connectivity index (χ2v) is 10.3. The van der Waals surface area contributed by atoms with Crippen molar-refractivity contribution in [1.29, 1.82) is 0 Å². The fraction of sp³-hybridized carbons (Fsp3) is 0.345. The van der Waals surface area contributed by atoms with Crippen molar-refractivity contribution in [2.45, 2.75) is 26.0 Å². The third-order valence-electron chi connectivity index (χ3n) is 6.83. The van der Waals surface area contributed by atoms with Gasteiger partial charge in [-0.05, 0) is 24.0 Å². The number of benzene rings is 2. The first-order valence-electron chi connectivity index (χ1n) is 13.0. The standard InChI is InChI=1S/C29H31FN4O4S/c1-20-26(28(36)38-18-21-7-3-2-4-8-21)27(23-9-5-6-10-24(23)30)34-22(19-39-29(34)32-20)17-25(35)31-11-12-33-13-15-37-16-14-33/h2-10,19,27H,11-18H2,1H3,(H,31,35)/t27-/m0/s1. The van der Waals surface area contributed by atoms with Crippen molar-refractivity contribution in [3.05, 3.63) is 93.9 Å². The van der Waals surface area contributed by atoms with Crippen molar-refractivity contribution < 1.29 is 23.5 Å². The molecule has 10 heteroatoms. The van der Waals surface area contributed by atoms with Crippen LogP contribution in [0.15, 0.2) is 82.0 Å². The van der Waals surface area contributed by atoms with E-state index in [2.05, 4.69) is 15.2 Å². The Morgan fingerprint density at radius 2 is 1.87 bits per heavy atom. The molecule has 39 heavy (non-hydrogen) atoms. The lowest BCUT2D eigenvalue weighted by molar-refractivity contribution is -0.141. The van der Waals surface area contributed by atoms with Crippen molar-refractivity contribution in [1.82, 2.24) is 15.1 Å². The molecule has 8 nitrogen and oxygen atoms in total. The largest absolute Gasteiger partial charge is 0.457 e. The topological polar surface area (TPSA) is 83.5 Å². The number of nitrogens with one attached hydrogen (secondary N) is 1. The lowest BCUT2D eigenvalue weighted by Crippen LogP contribution is -2.42. The molecular formula is C29H31FN4O4S. The number of halogens is 1. The van der Waals surface area contributed by atoms with Gasteiger partial charge in [-0.1, -0.05) is 60.3 Å². The number of esters is 1. The van der Waals surface area contributed by atoms with Crippen molar-refractivity contribution in [3.63, 3.8) is 0 Å². The van der Waals surface area contributed by atoms with Gasteiger partial charge in [-0.15, -0.1) is 0 Å².